The maximum absolute atomic E-state index is 13.8. The van der Waals surface area contributed by atoms with Crippen molar-refractivity contribution in [3.05, 3.63) is 89.2 Å². The third-order valence-corrected chi connectivity index (χ3v) is 6.46. The molecule has 0 saturated heterocycles. The van der Waals surface area contributed by atoms with Gasteiger partial charge in [0.15, 0.2) is 5.65 Å². The molecule has 1 N–H and O–H groups in total. The van der Waals surface area contributed by atoms with Crippen LogP contribution in [-0.2, 0) is 0 Å². The second-order valence-corrected chi connectivity index (χ2v) is 9.71. The first kappa shape index (κ1) is 25.1. The molecule has 0 aliphatic carbocycles. The van der Waals surface area contributed by atoms with E-state index in [1.54, 1.807) is 30.3 Å². The van der Waals surface area contributed by atoms with Gasteiger partial charge in [-0.15, -0.1) is 0 Å². The van der Waals surface area contributed by atoms with E-state index in [2.05, 4.69) is 38.1 Å². The fraction of sp³-hybridized carbons (Fsp3) is 0.310. The van der Waals surface area contributed by atoms with Crippen molar-refractivity contribution in [2.75, 3.05) is 12.4 Å². The SMILES string of the molecule is CC(C)c1cc(C(=O)N(C)C(C)c2cccc(NC(=O)c3ccccc3)c2)c2cnn(C(C)C)c2n1. The lowest BCUT2D eigenvalue weighted by Crippen LogP contribution is -2.30. The molecule has 2 aromatic carbocycles. The Kier molecular flexibility index (Phi) is 7.20. The molecular formula is C29H33N5O2. The van der Waals surface area contributed by atoms with Crippen LogP contribution in [0.1, 0.15) is 84.6 Å². The van der Waals surface area contributed by atoms with E-state index in [9.17, 15) is 9.59 Å². The van der Waals surface area contributed by atoms with E-state index in [-0.39, 0.29) is 29.8 Å². The van der Waals surface area contributed by atoms with E-state index in [1.807, 2.05) is 60.1 Å². The number of anilines is 1. The highest BCUT2D eigenvalue weighted by atomic mass is 16.2. The van der Waals surface area contributed by atoms with Gasteiger partial charge < -0.3 is 10.2 Å². The minimum atomic E-state index is -0.225. The van der Waals surface area contributed by atoms with Crippen molar-refractivity contribution in [1.29, 1.82) is 0 Å². The Bertz CT molecular complexity index is 1390. The molecule has 1 atom stereocenters. The van der Waals surface area contributed by atoms with Crippen LogP contribution in [0.25, 0.3) is 11.0 Å². The molecule has 0 aliphatic heterocycles. The molecule has 4 aromatic rings. The first-order chi connectivity index (χ1) is 17.2. The summed E-state index contributed by atoms with van der Waals surface area (Å²) in [6.07, 6.45) is 1.73. The minimum absolute atomic E-state index is 0.0983. The van der Waals surface area contributed by atoms with E-state index in [1.165, 1.54) is 0 Å². The van der Waals surface area contributed by atoms with Crippen LogP contribution in [0.4, 0.5) is 5.69 Å². The van der Waals surface area contributed by atoms with Crippen LogP contribution in [-0.4, -0.2) is 38.5 Å². The lowest BCUT2D eigenvalue weighted by molar-refractivity contribution is 0.0744. The van der Waals surface area contributed by atoms with Crippen molar-refractivity contribution in [2.45, 2.75) is 52.6 Å². The maximum atomic E-state index is 13.8. The topological polar surface area (TPSA) is 80.1 Å². The third kappa shape index (κ3) is 5.00. The van der Waals surface area contributed by atoms with Crippen molar-refractivity contribution in [2.24, 2.45) is 0 Å². The van der Waals surface area contributed by atoms with Gasteiger partial charge in [0.05, 0.1) is 23.2 Å². The number of fused-ring (bicyclic) bond motifs is 1. The quantitative estimate of drug-likeness (QED) is 0.338. The van der Waals surface area contributed by atoms with Gasteiger partial charge in [0.2, 0.25) is 0 Å². The van der Waals surface area contributed by atoms with Gasteiger partial charge in [0.1, 0.15) is 0 Å². The molecule has 4 rings (SSSR count). The summed E-state index contributed by atoms with van der Waals surface area (Å²) >= 11 is 0. The summed E-state index contributed by atoms with van der Waals surface area (Å²) in [5, 5.41) is 8.21. The molecule has 0 aliphatic rings. The first-order valence-corrected chi connectivity index (χ1v) is 12.3. The van der Waals surface area contributed by atoms with E-state index >= 15 is 0 Å². The maximum Gasteiger partial charge on any atom is 0.255 e. The first-order valence-electron chi connectivity index (χ1n) is 12.3. The molecule has 2 amide bonds. The Morgan fingerprint density at radius 1 is 0.944 bits per heavy atom. The van der Waals surface area contributed by atoms with Crippen molar-refractivity contribution >= 4 is 28.5 Å². The van der Waals surface area contributed by atoms with E-state index in [0.717, 1.165) is 22.3 Å². The average Bonchev–Trinajstić information content (AvgIpc) is 3.32. The molecule has 0 radical (unpaired) electrons. The van der Waals surface area contributed by atoms with Crippen molar-refractivity contribution in [3.8, 4) is 0 Å². The lowest BCUT2D eigenvalue weighted by Gasteiger charge is -2.26. The molecule has 2 aromatic heterocycles. The number of hydrogen-bond acceptors (Lipinski definition) is 4. The number of hydrogen-bond donors (Lipinski definition) is 1. The van der Waals surface area contributed by atoms with Gasteiger partial charge in [-0.25, -0.2) is 9.67 Å². The van der Waals surface area contributed by atoms with Gasteiger partial charge in [-0.3, -0.25) is 9.59 Å². The number of amides is 2. The second-order valence-electron chi connectivity index (χ2n) is 9.71. The fourth-order valence-corrected chi connectivity index (χ4v) is 4.15. The summed E-state index contributed by atoms with van der Waals surface area (Å²) < 4.78 is 1.86. The lowest BCUT2D eigenvalue weighted by atomic mass is 10.0. The van der Waals surface area contributed by atoms with E-state index in [0.29, 0.717) is 16.8 Å². The summed E-state index contributed by atoms with van der Waals surface area (Å²) in [7, 11) is 1.80. The van der Waals surface area contributed by atoms with Gasteiger partial charge in [0.25, 0.3) is 11.8 Å². The zero-order chi connectivity index (χ0) is 26.0. The number of benzene rings is 2. The fourth-order valence-electron chi connectivity index (χ4n) is 4.15. The second kappa shape index (κ2) is 10.3. The summed E-state index contributed by atoms with van der Waals surface area (Å²) in [6.45, 7) is 10.2. The van der Waals surface area contributed by atoms with Crippen LogP contribution in [0.2, 0.25) is 0 Å². The molecule has 0 fully saturated rings. The molecule has 7 nitrogen and oxygen atoms in total. The van der Waals surface area contributed by atoms with Gasteiger partial charge in [-0.05, 0) is 62.6 Å². The molecule has 1 unspecified atom stereocenters. The predicted molar refractivity (Wildman–Crippen MR) is 143 cm³/mol. The Morgan fingerprint density at radius 3 is 2.33 bits per heavy atom. The minimum Gasteiger partial charge on any atom is -0.335 e. The van der Waals surface area contributed by atoms with Gasteiger partial charge in [-0.2, -0.15) is 5.10 Å². The molecule has 2 heterocycles. The number of nitrogens with one attached hydrogen (secondary N) is 1. The van der Waals surface area contributed by atoms with Gasteiger partial charge in [-0.1, -0.05) is 44.2 Å². The normalized spacial score (nSPS) is 12.2. The molecule has 0 bridgehead atoms. The molecule has 7 heteroatoms. The summed E-state index contributed by atoms with van der Waals surface area (Å²) in [5.41, 5.74) is 4.38. The van der Waals surface area contributed by atoms with Crippen LogP contribution in [0.15, 0.2) is 66.9 Å². The number of nitrogens with zero attached hydrogens (tertiary/aromatic N) is 4. The summed E-state index contributed by atoms with van der Waals surface area (Å²) in [5.74, 6) is -0.102. The Hall–Kier alpha value is -4.00. The van der Waals surface area contributed by atoms with Crippen LogP contribution in [0.3, 0.4) is 0 Å². The van der Waals surface area contributed by atoms with Gasteiger partial charge in [0, 0.05) is 30.0 Å². The van der Waals surface area contributed by atoms with Crippen molar-refractivity contribution in [1.82, 2.24) is 19.7 Å². The van der Waals surface area contributed by atoms with Crippen LogP contribution >= 0.6 is 0 Å². The molecular weight excluding hydrogens is 450 g/mol. The van der Waals surface area contributed by atoms with E-state index < -0.39 is 0 Å². The highest BCUT2D eigenvalue weighted by molar-refractivity contribution is 6.06. The van der Waals surface area contributed by atoms with Crippen LogP contribution in [0, 0.1) is 0 Å². The molecule has 0 saturated carbocycles. The molecule has 186 valence electrons. The Labute approximate surface area is 212 Å². The highest BCUT2D eigenvalue weighted by Crippen LogP contribution is 2.28. The number of pyridine rings is 1. The third-order valence-electron chi connectivity index (χ3n) is 6.46. The number of carbonyl (C=O) groups is 2. The Morgan fingerprint density at radius 2 is 1.67 bits per heavy atom. The largest absolute Gasteiger partial charge is 0.335 e. The number of carbonyl (C=O) groups excluding carboxylic acids is 2. The molecule has 0 spiro atoms. The number of rotatable bonds is 7. The Balaban J connectivity index is 1.62. The smallest absolute Gasteiger partial charge is 0.255 e. The van der Waals surface area contributed by atoms with Crippen molar-refractivity contribution in [3.63, 3.8) is 0 Å². The zero-order valence-corrected chi connectivity index (χ0v) is 21.7. The summed E-state index contributed by atoms with van der Waals surface area (Å²) in [4.78, 5) is 32.9. The van der Waals surface area contributed by atoms with Crippen LogP contribution in [0.5, 0.6) is 0 Å². The summed E-state index contributed by atoms with van der Waals surface area (Å²) in [6, 6.07) is 18.5. The number of aromatic nitrogens is 3. The standard InChI is InChI=1S/C29H33N5O2/c1-18(2)26-16-24(25-17-30-34(19(3)4)27(25)32-26)29(36)33(6)20(5)22-13-10-14-23(15-22)31-28(35)21-11-8-7-9-12-21/h7-20H,1-6H3,(H,31,35). The predicted octanol–water partition coefficient (Wildman–Crippen LogP) is 6.22. The highest BCUT2D eigenvalue weighted by Gasteiger charge is 2.24. The van der Waals surface area contributed by atoms with Crippen LogP contribution < -0.4 is 5.32 Å². The van der Waals surface area contributed by atoms with Crippen molar-refractivity contribution < 1.29 is 9.59 Å². The molecule has 36 heavy (non-hydrogen) atoms. The monoisotopic (exact) mass is 483 g/mol. The van der Waals surface area contributed by atoms with Gasteiger partial charge >= 0.3 is 0 Å². The average molecular weight is 484 g/mol. The van der Waals surface area contributed by atoms with E-state index in [4.69, 9.17) is 4.98 Å². The zero-order valence-electron chi connectivity index (χ0n) is 21.7.